The number of carbonyl (C=O) groups is 2. The maximum absolute atomic E-state index is 13.0. The molecule has 5 nitrogen and oxygen atoms in total. The van der Waals surface area contributed by atoms with Crippen LogP contribution in [0.4, 0.5) is 8.78 Å². The fourth-order valence-electron chi connectivity index (χ4n) is 1.56. The van der Waals surface area contributed by atoms with Gasteiger partial charge in [0.15, 0.2) is 11.6 Å². The molecule has 1 aromatic rings. The quantitative estimate of drug-likeness (QED) is 0.772. The van der Waals surface area contributed by atoms with Gasteiger partial charge in [0.1, 0.15) is 6.04 Å². The first-order valence-corrected chi connectivity index (χ1v) is 6.10. The van der Waals surface area contributed by atoms with Crippen LogP contribution in [0.15, 0.2) is 24.3 Å². The summed E-state index contributed by atoms with van der Waals surface area (Å²) in [5.74, 6) is -3.78. The summed E-state index contributed by atoms with van der Waals surface area (Å²) in [6, 6.07) is 2.13. The van der Waals surface area contributed by atoms with E-state index in [4.69, 9.17) is 5.11 Å². The Labute approximate surface area is 120 Å². The van der Waals surface area contributed by atoms with Gasteiger partial charge in [-0.1, -0.05) is 6.07 Å². The minimum Gasteiger partial charge on any atom is -0.480 e. The highest BCUT2D eigenvalue weighted by molar-refractivity contribution is 5.94. The van der Waals surface area contributed by atoms with Crippen molar-refractivity contribution in [1.82, 2.24) is 10.2 Å². The van der Waals surface area contributed by atoms with E-state index in [1.165, 1.54) is 12.1 Å². The van der Waals surface area contributed by atoms with Crippen molar-refractivity contribution in [3.05, 3.63) is 41.5 Å². The van der Waals surface area contributed by atoms with Gasteiger partial charge in [-0.25, -0.2) is 13.6 Å². The zero-order valence-corrected chi connectivity index (χ0v) is 11.6. The van der Waals surface area contributed by atoms with Gasteiger partial charge in [-0.2, -0.15) is 0 Å². The normalized spacial score (nSPS) is 12.6. The van der Waals surface area contributed by atoms with Crippen LogP contribution in [-0.4, -0.2) is 48.6 Å². The fraction of sp³-hybridized carbons (Fsp3) is 0.286. The number of carboxylic acids is 1. The molecule has 0 aliphatic heterocycles. The second-order valence-electron chi connectivity index (χ2n) is 4.67. The maximum Gasteiger partial charge on any atom is 0.327 e. The van der Waals surface area contributed by atoms with Crippen molar-refractivity contribution in [3.63, 3.8) is 0 Å². The number of likely N-dealkylation sites (N-methyl/N-ethyl adjacent to an activating group) is 1. The van der Waals surface area contributed by atoms with Gasteiger partial charge in [-0.05, 0) is 37.9 Å². The van der Waals surface area contributed by atoms with Gasteiger partial charge < -0.3 is 15.3 Å². The Bertz CT molecular complexity index is 559. The molecule has 0 spiro atoms. The third kappa shape index (κ3) is 5.70. The fourth-order valence-corrected chi connectivity index (χ4v) is 1.56. The van der Waals surface area contributed by atoms with Crippen molar-refractivity contribution in [2.24, 2.45) is 0 Å². The van der Waals surface area contributed by atoms with Crippen LogP contribution in [0.1, 0.15) is 5.56 Å². The molecule has 0 fully saturated rings. The molecule has 0 radical (unpaired) electrons. The van der Waals surface area contributed by atoms with Crippen molar-refractivity contribution < 1.29 is 23.5 Å². The average Bonchev–Trinajstić information content (AvgIpc) is 2.38. The first-order chi connectivity index (χ1) is 9.79. The number of nitrogens with one attached hydrogen (secondary N) is 1. The topological polar surface area (TPSA) is 69.6 Å². The van der Waals surface area contributed by atoms with Crippen LogP contribution in [0, 0.1) is 11.6 Å². The second-order valence-corrected chi connectivity index (χ2v) is 4.67. The van der Waals surface area contributed by atoms with Gasteiger partial charge in [0.25, 0.3) is 0 Å². The van der Waals surface area contributed by atoms with Crippen molar-refractivity contribution in [1.29, 1.82) is 0 Å². The molecule has 0 aliphatic rings. The minimum absolute atomic E-state index is 0.139. The highest BCUT2D eigenvalue weighted by atomic mass is 19.2. The highest BCUT2D eigenvalue weighted by Crippen LogP contribution is 2.09. The highest BCUT2D eigenvalue weighted by Gasteiger charge is 2.19. The largest absolute Gasteiger partial charge is 0.480 e. The van der Waals surface area contributed by atoms with Gasteiger partial charge in [0.2, 0.25) is 5.91 Å². The predicted molar refractivity (Wildman–Crippen MR) is 73.5 cm³/mol. The standard InChI is InChI=1S/C14H16F2N2O3/c1-18(2)8-12(14(20)21)17-13(19)6-4-9-3-5-10(15)11(16)7-9/h3-7,12H,8H2,1-2H3,(H,17,19)(H,20,21)/b6-4+. The van der Waals surface area contributed by atoms with E-state index in [1.807, 2.05) is 0 Å². The number of hydrogen-bond acceptors (Lipinski definition) is 3. The van der Waals surface area contributed by atoms with E-state index >= 15 is 0 Å². The number of amides is 1. The van der Waals surface area contributed by atoms with Gasteiger partial charge in [0, 0.05) is 12.6 Å². The molecule has 2 N–H and O–H groups in total. The summed E-state index contributed by atoms with van der Waals surface area (Å²) in [6.45, 7) is 0.139. The van der Waals surface area contributed by atoms with E-state index in [0.29, 0.717) is 5.56 Å². The van der Waals surface area contributed by atoms with Gasteiger partial charge in [-0.3, -0.25) is 4.79 Å². The van der Waals surface area contributed by atoms with Crippen molar-refractivity contribution >= 4 is 18.0 Å². The van der Waals surface area contributed by atoms with E-state index in [1.54, 1.807) is 19.0 Å². The van der Waals surface area contributed by atoms with Crippen molar-refractivity contribution in [2.75, 3.05) is 20.6 Å². The zero-order chi connectivity index (χ0) is 16.0. The van der Waals surface area contributed by atoms with Crippen LogP contribution >= 0.6 is 0 Å². The number of carbonyl (C=O) groups excluding carboxylic acids is 1. The van der Waals surface area contributed by atoms with Gasteiger partial charge in [-0.15, -0.1) is 0 Å². The van der Waals surface area contributed by atoms with Crippen LogP contribution in [0.2, 0.25) is 0 Å². The summed E-state index contributed by atoms with van der Waals surface area (Å²) in [5.41, 5.74) is 0.295. The minimum atomic E-state index is -1.15. The Morgan fingerprint density at radius 1 is 1.33 bits per heavy atom. The van der Waals surface area contributed by atoms with Crippen LogP contribution in [-0.2, 0) is 9.59 Å². The third-order valence-electron chi connectivity index (χ3n) is 2.53. The van der Waals surface area contributed by atoms with E-state index in [-0.39, 0.29) is 6.54 Å². The molecule has 1 amide bonds. The second kappa shape index (κ2) is 7.49. The number of nitrogens with zero attached hydrogens (tertiary/aromatic N) is 1. The van der Waals surface area contributed by atoms with Crippen LogP contribution < -0.4 is 5.32 Å². The van der Waals surface area contributed by atoms with Crippen molar-refractivity contribution in [3.8, 4) is 0 Å². The van der Waals surface area contributed by atoms with E-state index in [9.17, 15) is 18.4 Å². The van der Waals surface area contributed by atoms with Crippen LogP contribution in [0.25, 0.3) is 6.08 Å². The summed E-state index contributed by atoms with van der Waals surface area (Å²) in [6.07, 6.45) is 2.34. The number of hydrogen-bond donors (Lipinski definition) is 2. The lowest BCUT2D eigenvalue weighted by molar-refractivity contribution is -0.141. The van der Waals surface area contributed by atoms with E-state index in [0.717, 1.165) is 18.2 Å². The molecule has 1 aromatic carbocycles. The smallest absolute Gasteiger partial charge is 0.327 e. The average molecular weight is 298 g/mol. The Kier molecular flexibility index (Phi) is 5.98. The number of benzene rings is 1. The summed E-state index contributed by atoms with van der Waals surface area (Å²) < 4.78 is 25.7. The number of aliphatic carboxylic acids is 1. The number of halogens is 2. The van der Waals surface area contributed by atoms with E-state index in [2.05, 4.69) is 5.32 Å². The molecule has 0 saturated heterocycles. The Hall–Kier alpha value is -2.28. The number of carboxylic acid groups (broad SMARTS) is 1. The molecule has 0 saturated carbocycles. The molecule has 1 atom stereocenters. The van der Waals surface area contributed by atoms with Crippen LogP contribution in [0.5, 0.6) is 0 Å². The lowest BCUT2D eigenvalue weighted by Gasteiger charge is -2.17. The monoisotopic (exact) mass is 298 g/mol. The molecule has 0 bridgehead atoms. The van der Waals surface area contributed by atoms with Crippen molar-refractivity contribution in [2.45, 2.75) is 6.04 Å². The third-order valence-corrected chi connectivity index (χ3v) is 2.53. The maximum atomic E-state index is 13.0. The van der Waals surface area contributed by atoms with Crippen LogP contribution in [0.3, 0.4) is 0 Å². The molecule has 114 valence electrons. The zero-order valence-electron chi connectivity index (χ0n) is 11.6. The lowest BCUT2D eigenvalue weighted by Crippen LogP contribution is -2.46. The number of rotatable bonds is 6. The molecule has 1 unspecified atom stereocenters. The Morgan fingerprint density at radius 2 is 2.00 bits per heavy atom. The SMILES string of the molecule is CN(C)CC(NC(=O)/C=C/c1ccc(F)c(F)c1)C(=O)O. The summed E-state index contributed by atoms with van der Waals surface area (Å²) in [4.78, 5) is 24.2. The molecular weight excluding hydrogens is 282 g/mol. The molecule has 21 heavy (non-hydrogen) atoms. The molecule has 0 aliphatic carbocycles. The molecule has 0 heterocycles. The van der Waals surface area contributed by atoms with Gasteiger partial charge >= 0.3 is 5.97 Å². The lowest BCUT2D eigenvalue weighted by atomic mass is 10.2. The van der Waals surface area contributed by atoms with Gasteiger partial charge in [0.05, 0.1) is 0 Å². The Morgan fingerprint density at radius 3 is 2.52 bits per heavy atom. The molecule has 0 aromatic heterocycles. The first kappa shape index (κ1) is 16.8. The Balaban J connectivity index is 2.68. The molecule has 7 heteroatoms. The summed E-state index contributed by atoms with van der Waals surface area (Å²) >= 11 is 0. The van der Waals surface area contributed by atoms with E-state index < -0.39 is 29.6 Å². The molecular formula is C14H16F2N2O3. The summed E-state index contributed by atoms with van der Waals surface area (Å²) in [5, 5.41) is 11.3. The summed E-state index contributed by atoms with van der Waals surface area (Å²) in [7, 11) is 3.36. The first-order valence-electron chi connectivity index (χ1n) is 6.10. The molecule has 1 rings (SSSR count). The predicted octanol–water partition coefficient (Wildman–Crippen LogP) is 1.11.